The molecule has 0 bridgehead atoms. The summed E-state index contributed by atoms with van der Waals surface area (Å²) in [6.45, 7) is 5.97. The third kappa shape index (κ3) is 4.99. The molecule has 3 aromatic heterocycles. The maximum atomic E-state index is 13.1. The Morgan fingerprint density at radius 2 is 1.84 bits per heavy atom. The molecule has 5 rings (SSSR count). The highest BCUT2D eigenvalue weighted by Gasteiger charge is 2.30. The van der Waals surface area contributed by atoms with Crippen LogP contribution in [0.4, 0.5) is 30.4 Å². The third-order valence-corrected chi connectivity index (χ3v) is 5.84. The number of nitrogens with zero attached hydrogens (tertiary/aromatic N) is 5. The van der Waals surface area contributed by atoms with Crippen LogP contribution in [0.25, 0.3) is 28.1 Å². The number of hydrogen-bond donors (Lipinski definition) is 2. The van der Waals surface area contributed by atoms with E-state index in [1.807, 2.05) is 37.3 Å². The van der Waals surface area contributed by atoms with Gasteiger partial charge in [0.05, 0.1) is 17.1 Å². The number of hydrogen-bond acceptors (Lipinski definition) is 6. The number of benzene rings is 2. The molecule has 0 saturated heterocycles. The van der Waals surface area contributed by atoms with Gasteiger partial charge in [-0.15, -0.1) is 0 Å². The third-order valence-electron chi connectivity index (χ3n) is 5.84. The van der Waals surface area contributed by atoms with Gasteiger partial charge in [-0.2, -0.15) is 18.3 Å². The van der Waals surface area contributed by atoms with Gasteiger partial charge in [-0.1, -0.05) is 24.8 Å². The number of aryl methyl sites for hydroxylation is 2. The second-order valence-electron chi connectivity index (χ2n) is 8.48. The molecule has 37 heavy (non-hydrogen) atoms. The van der Waals surface area contributed by atoms with Gasteiger partial charge in [0, 0.05) is 42.1 Å². The number of halogens is 3. The molecule has 186 valence electrons. The second-order valence-corrected chi connectivity index (χ2v) is 8.48. The van der Waals surface area contributed by atoms with E-state index >= 15 is 0 Å². The molecule has 0 aliphatic carbocycles. The second kappa shape index (κ2) is 9.38. The molecular formula is C27H22F3N7. The summed E-state index contributed by atoms with van der Waals surface area (Å²) >= 11 is 0. The number of rotatable bonds is 6. The van der Waals surface area contributed by atoms with E-state index in [1.54, 1.807) is 36.4 Å². The fourth-order valence-electron chi connectivity index (χ4n) is 3.83. The number of alkyl halides is 3. The van der Waals surface area contributed by atoms with Crippen molar-refractivity contribution in [1.29, 1.82) is 0 Å². The first-order valence-corrected chi connectivity index (χ1v) is 11.3. The van der Waals surface area contributed by atoms with Gasteiger partial charge in [0.1, 0.15) is 5.82 Å². The number of aromatic nitrogens is 5. The van der Waals surface area contributed by atoms with Crippen molar-refractivity contribution in [2.75, 3.05) is 10.6 Å². The Morgan fingerprint density at radius 3 is 2.59 bits per heavy atom. The summed E-state index contributed by atoms with van der Waals surface area (Å²) < 4.78 is 41.0. The van der Waals surface area contributed by atoms with Crippen LogP contribution < -0.4 is 10.6 Å². The van der Waals surface area contributed by atoms with Crippen LogP contribution in [0.3, 0.4) is 0 Å². The van der Waals surface area contributed by atoms with Crippen molar-refractivity contribution in [3.8, 4) is 11.4 Å². The Kier molecular flexibility index (Phi) is 6.08. The molecule has 10 heteroatoms. The zero-order valence-electron chi connectivity index (χ0n) is 20.0. The summed E-state index contributed by atoms with van der Waals surface area (Å²) in [4.78, 5) is 13.5. The monoisotopic (exact) mass is 501 g/mol. The summed E-state index contributed by atoms with van der Waals surface area (Å²) in [5, 5.41) is 11.4. The highest BCUT2D eigenvalue weighted by Crippen LogP contribution is 2.33. The number of anilines is 3. The fraction of sp³-hybridized carbons (Fsp3) is 0.111. The van der Waals surface area contributed by atoms with E-state index in [0.717, 1.165) is 34.3 Å². The van der Waals surface area contributed by atoms with E-state index in [0.29, 0.717) is 34.2 Å². The lowest BCUT2D eigenvalue weighted by Crippen LogP contribution is -2.06. The number of nitrogens with one attached hydrogen (secondary N) is 2. The lowest BCUT2D eigenvalue weighted by atomic mass is 10.1. The Bertz CT molecular complexity index is 1610. The molecule has 2 N–H and O–H groups in total. The van der Waals surface area contributed by atoms with Crippen molar-refractivity contribution in [2.24, 2.45) is 7.05 Å². The van der Waals surface area contributed by atoms with Gasteiger partial charge in [-0.25, -0.2) is 9.97 Å². The first-order chi connectivity index (χ1) is 17.7. The van der Waals surface area contributed by atoms with Crippen molar-refractivity contribution in [3.05, 3.63) is 96.5 Å². The van der Waals surface area contributed by atoms with Gasteiger partial charge in [0.2, 0.25) is 0 Å². The van der Waals surface area contributed by atoms with E-state index in [2.05, 4.69) is 32.3 Å². The lowest BCUT2D eigenvalue weighted by molar-refractivity contribution is -0.137. The minimum absolute atomic E-state index is 0.295. The molecule has 0 radical (unpaired) electrons. The minimum atomic E-state index is -4.43. The topological polar surface area (TPSA) is 80.6 Å². The lowest BCUT2D eigenvalue weighted by Gasteiger charge is -2.16. The Morgan fingerprint density at radius 1 is 1.00 bits per heavy atom. The molecule has 0 unspecified atom stereocenters. The van der Waals surface area contributed by atoms with Crippen LogP contribution in [-0.2, 0) is 13.2 Å². The summed E-state index contributed by atoms with van der Waals surface area (Å²) in [7, 11) is 1.81. The van der Waals surface area contributed by atoms with Crippen molar-refractivity contribution in [1.82, 2.24) is 24.7 Å². The van der Waals surface area contributed by atoms with Gasteiger partial charge in [-0.05, 0) is 54.4 Å². The Balaban J connectivity index is 1.47. The molecule has 0 aliphatic rings. The summed E-state index contributed by atoms with van der Waals surface area (Å²) in [6, 6.07) is 14.3. The Labute approximate surface area is 210 Å². The van der Waals surface area contributed by atoms with Gasteiger partial charge in [-0.3, -0.25) is 9.67 Å². The van der Waals surface area contributed by atoms with Crippen LogP contribution in [0.5, 0.6) is 0 Å². The predicted molar refractivity (Wildman–Crippen MR) is 138 cm³/mol. The highest BCUT2D eigenvalue weighted by molar-refractivity contribution is 5.90. The molecule has 7 nitrogen and oxygen atoms in total. The van der Waals surface area contributed by atoms with Crippen LogP contribution >= 0.6 is 0 Å². The first kappa shape index (κ1) is 24.0. The van der Waals surface area contributed by atoms with Crippen LogP contribution in [0, 0.1) is 6.92 Å². The van der Waals surface area contributed by atoms with Crippen molar-refractivity contribution >= 4 is 33.9 Å². The van der Waals surface area contributed by atoms with Gasteiger partial charge in [0.25, 0.3) is 0 Å². The van der Waals surface area contributed by atoms with E-state index in [1.165, 1.54) is 6.07 Å². The van der Waals surface area contributed by atoms with Crippen LogP contribution in [0.2, 0.25) is 0 Å². The standard InChI is InChI=1S/C27H22F3N7/c1-16-9-10-18(17(2)33-21-8-4-7-20(13-21)27(28,29)30)12-23(16)34-25-22-15-32-37(3)26(22)36-24(35-25)19-6-5-11-31-14-19/h4-15,33H,2H2,1,3H3,(H,34,35,36). The summed E-state index contributed by atoms with van der Waals surface area (Å²) in [6.07, 6.45) is 0.638. The molecule has 0 aliphatic heterocycles. The average molecular weight is 502 g/mol. The molecule has 5 aromatic rings. The molecule has 0 amide bonds. The molecule has 0 spiro atoms. The number of fused-ring (bicyclic) bond motifs is 1. The SMILES string of the molecule is C=C(Nc1cccc(C(F)(F)F)c1)c1ccc(C)c(Nc2nc(-c3cccnc3)nc3c2cnn3C)c1. The normalized spacial score (nSPS) is 11.5. The first-order valence-electron chi connectivity index (χ1n) is 11.3. The van der Waals surface area contributed by atoms with E-state index in [-0.39, 0.29) is 0 Å². The van der Waals surface area contributed by atoms with Crippen LogP contribution in [0.15, 0.2) is 79.8 Å². The maximum Gasteiger partial charge on any atom is 0.416 e. The zero-order valence-corrected chi connectivity index (χ0v) is 20.0. The van der Waals surface area contributed by atoms with E-state index in [4.69, 9.17) is 4.98 Å². The van der Waals surface area contributed by atoms with Crippen molar-refractivity contribution in [3.63, 3.8) is 0 Å². The van der Waals surface area contributed by atoms with Gasteiger partial charge >= 0.3 is 6.18 Å². The van der Waals surface area contributed by atoms with Crippen molar-refractivity contribution in [2.45, 2.75) is 13.1 Å². The van der Waals surface area contributed by atoms with Crippen LogP contribution in [0.1, 0.15) is 16.7 Å². The molecule has 0 fully saturated rings. The maximum absolute atomic E-state index is 13.1. The van der Waals surface area contributed by atoms with Crippen molar-refractivity contribution < 1.29 is 13.2 Å². The fourth-order valence-corrected chi connectivity index (χ4v) is 3.83. The highest BCUT2D eigenvalue weighted by atomic mass is 19.4. The molecule has 3 heterocycles. The molecular weight excluding hydrogens is 479 g/mol. The average Bonchev–Trinajstić information content (AvgIpc) is 3.26. The molecule has 0 saturated carbocycles. The quantitative estimate of drug-likeness (QED) is 0.274. The summed E-state index contributed by atoms with van der Waals surface area (Å²) in [5.41, 5.74) is 3.83. The summed E-state index contributed by atoms with van der Waals surface area (Å²) in [5.74, 6) is 1.06. The van der Waals surface area contributed by atoms with E-state index in [9.17, 15) is 13.2 Å². The zero-order chi connectivity index (χ0) is 26.2. The van der Waals surface area contributed by atoms with Gasteiger partial charge < -0.3 is 10.6 Å². The van der Waals surface area contributed by atoms with Crippen LogP contribution in [-0.4, -0.2) is 24.7 Å². The predicted octanol–water partition coefficient (Wildman–Crippen LogP) is 6.58. The largest absolute Gasteiger partial charge is 0.416 e. The smallest absolute Gasteiger partial charge is 0.356 e. The number of pyridine rings is 1. The van der Waals surface area contributed by atoms with Gasteiger partial charge in [0.15, 0.2) is 11.5 Å². The van der Waals surface area contributed by atoms with E-state index < -0.39 is 11.7 Å². The Hall–Kier alpha value is -4.73. The molecule has 0 atom stereocenters. The minimum Gasteiger partial charge on any atom is -0.356 e. The molecule has 2 aromatic carbocycles.